The number of aliphatic hydroxyl groups excluding tert-OH is 9. The highest BCUT2D eigenvalue weighted by Gasteiger charge is 2.38. The lowest BCUT2D eigenvalue weighted by Crippen LogP contribution is -2.42. The molecule has 0 fully saturated rings. The van der Waals surface area contributed by atoms with Crippen LogP contribution >= 0.6 is 45.2 Å². The number of hydrogen-bond donors (Lipinski definition) is 9. The van der Waals surface area contributed by atoms with Crippen molar-refractivity contribution in [3.05, 3.63) is 0 Å². The molecule has 0 rings (SSSR count). The van der Waals surface area contributed by atoms with Crippen molar-refractivity contribution in [2.24, 2.45) is 0 Å². The Morgan fingerprint density at radius 2 is 0.388 bits per heavy atom. The second kappa shape index (κ2) is 149. The first kappa shape index (κ1) is 135. The maximum Gasteiger partial charge on any atom is 0.549 e. The third-order valence-corrected chi connectivity index (χ3v) is 23.0. The van der Waals surface area contributed by atoms with Gasteiger partial charge >= 0.3 is 62.6 Å². The third-order valence-electron chi connectivity index (χ3n) is 7.32. The van der Waals surface area contributed by atoms with E-state index in [0.29, 0.717) is 0 Å². The zero-order valence-corrected chi connectivity index (χ0v) is 67.4. The molecule has 0 atom stereocenters. The maximum absolute atomic E-state index is 8.40. The van der Waals surface area contributed by atoms with Gasteiger partial charge in [0, 0.05) is 201 Å². The SMILES string of the molecule is CC.CC.CC.CCC[Si](OC)(OC)OC.CC[Si](OC)(OC)OC.CC[Si](OC)(OC)OC.CO.CO.CO.CO.CO.CO.CO.CO.CO.CO[Si](CCCI)(OC)OC.CO[Si](CCCI)(OC)OC.O=[Si]=O.O=[Si]=O. The lowest BCUT2D eigenvalue weighted by atomic mass is 10.6. The molecule has 37 heteroatoms. The van der Waals surface area contributed by atoms with Gasteiger partial charge in [0.05, 0.1) is 0 Å². The summed E-state index contributed by atoms with van der Waals surface area (Å²) in [6, 6.07) is 4.32. The molecule has 9 N–H and O–H groups in total. The summed E-state index contributed by atoms with van der Waals surface area (Å²) in [4.78, 5) is 0. The van der Waals surface area contributed by atoms with E-state index in [1.807, 2.05) is 55.4 Å². The molecule has 0 heterocycles. The van der Waals surface area contributed by atoms with E-state index in [4.69, 9.17) is 130 Å². The number of aliphatic hydroxyl groups is 9. The van der Waals surface area contributed by atoms with Gasteiger partial charge in [-0.2, -0.15) is 0 Å². The Balaban J connectivity index is -0.0000000305. The van der Waals surface area contributed by atoms with Crippen LogP contribution < -0.4 is 0 Å². The Morgan fingerprint density at radius 1 is 0.275 bits per heavy atom. The van der Waals surface area contributed by atoms with E-state index in [-0.39, 0.29) is 0 Å². The average molecular weight is 1540 g/mol. The van der Waals surface area contributed by atoms with Crippen molar-refractivity contribution >= 4 is 108 Å². The number of halogens is 2. The summed E-state index contributed by atoms with van der Waals surface area (Å²) in [7, 11) is 19.5. The number of hydrogen-bond acceptors (Lipinski definition) is 28. The van der Waals surface area contributed by atoms with Gasteiger partial charge in [0.15, 0.2) is 0 Å². The molecule has 0 aliphatic heterocycles. The summed E-state index contributed by atoms with van der Waals surface area (Å²) in [5.41, 5.74) is 0. The van der Waals surface area contributed by atoms with Crippen LogP contribution in [0.4, 0.5) is 0 Å². The minimum absolute atomic E-state index is 0.816. The summed E-state index contributed by atoms with van der Waals surface area (Å²) in [6.45, 7) is 18.1. The lowest BCUT2D eigenvalue weighted by molar-refractivity contribution is 0.123. The van der Waals surface area contributed by atoms with Crippen LogP contribution in [0.2, 0.25) is 30.2 Å². The fourth-order valence-electron chi connectivity index (χ4n) is 3.91. The molecule has 80 heavy (non-hydrogen) atoms. The quantitative estimate of drug-likeness (QED) is 0.0338. The molecular formula is C43H128I2O28Si7. The third kappa shape index (κ3) is 111. The van der Waals surface area contributed by atoms with E-state index >= 15 is 0 Å². The van der Waals surface area contributed by atoms with Crippen LogP contribution in [0.1, 0.15) is 81.6 Å². The number of rotatable bonds is 25. The minimum Gasteiger partial charge on any atom is -0.400 e. The Labute approximate surface area is 525 Å². The first-order valence-corrected chi connectivity index (χ1v) is 38.3. The van der Waals surface area contributed by atoms with E-state index < -0.39 is 62.6 Å². The van der Waals surface area contributed by atoms with Crippen LogP contribution in [-0.2, 0) is 84.2 Å². The van der Waals surface area contributed by atoms with Gasteiger partial charge in [0.25, 0.3) is 0 Å². The van der Waals surface area contributed by atoms with Gasteiger partial charge in [0.1, 0.15) is 0 Å². The molecule has 0 aliphatic rings. The van der Waals surface area contributed by atoms with E-state index in [2.05, 4.69) is 52.1 Å². The second-order valence-electron chi connectivity index (χ2n) is 9.69. The first-order valence-electron chi connectivity index (χ1n) is 24.0. The standard InChI is InChI=1S/2C6H15IO3Si.C6H16O3Si.2C5H14O3Si.3C2H6.9CH4O.2O2Si/c2*1-8-11(9-2,10-3)6-4-5-7;1-5-6-10(7-2,8-3)9-4;2*1-5-9(6-2,7-3)8-4;12*1-2;2*1-3-2/h2*4-6H2,1-3H3;5-6H2,1-4H3;2*5H2,1-4H3;3*1-2H3;9*2H,1H3;;. The Hall–Kier alpha value is 1.22. The normalized spacial score (nSPS) is 8.60. The number of alkyl halides is 2. The predicted octanol–water partition coefficient (Wildman–Crippen LogP) is 4.74. The average Bonchev–Trinajstić information content (AvgIpc) is 3.57. The van der Waals surface area contributed by atoms with Gasteiger partial charge in [-0.25, -0.2) is 0 Å². The highest BCUT2D eigenvalue weighted by molar-refractivity contribution is 14.1. The van der Waals surface area contributed by atoms with Crippen LogP contribution in [-0.4, -0.2) is 288 Å². The molecule has 510 valence electrons. The van der Waals surface area contributed by atoms with E-state index in [9.17, 15) is 0 Å². The highest BCUT2D eigenvalue weighted by atomic mass is 127. The van der Waals surface area contributed by atoms with Crippen molar-refractivity contribution < 1.29 is 130 Å². The monoisotopic (exact) mass is 1540 g/mol. The van der Waals surface area contributed by atoms with Gasteiger partial charge in [0.2, 0.25) is 0 Å². The minimum atomic E-state index is -2.24. The summed E-state index contributed by atoms with van der Waals surface area (Å²) in [6.07, 6.45) is 3.20. The Kier molecular flexibility index (Phi) is 251. The molecule has 0 aromatic carbocycles. The van der Waals surface area contributed by atoms with Crippen LogP contribution in [0.15, 0.2) is 0 Å². The molecule has 0 saturated heterocycles. The summed E-state index contributed by atoms with van der Waals surface area (Å²) >= 11 is 4.66. The van der Waals surface area contributed by atoms with Crippen LogP contribution in [0.5, 0.6) is 0 Å². The molecule has 0 aromatic heterocycles. The summed E-state index contributed by atoms with van der Waals surface area (Å²) in [5.74, 6) is 0. The van der Waals surface area contributed by atoms with Crippen LogP contribution in [0.3, 0.4) is 0 Å². The van der Waals surface area contributed by atoms with Gasteiger partial charge < -0.3 is 112 Å². The van der Waals surface area contributed by atoms with E-state index in [0.717, 1.165) is 122 Å². The molecule has 0 unspecified atom stereocenters. The molecule has 0 aliphatic carbocycles. The lowest BCUT2D eigenvalue weighted by Gasteiger charge is -2.23. The Morgan fingerprint density at radius 3 is 0.438 bits per heavy atom. The largest absolute Gasteiger partial charge is 0.549 e. The van der Waals surface area contributed by atoms with E-state index in [1.54, 1.807) is 107 Å². The van der Waals surface area contributed by atoms with Crippen molar-refractivity contribution in [1.29, 1.82) is 0 Å². The van der Waals surface area contributed by atoms with Gasteiger partial charge in [-0.05, 0) is 21.7 Å². The molecule has 28 nitrogen and oxygen atoms in total. The second-order valence-corrected chi connectivity index (χ2v) is 28.0. The maximum atomic E-state index is 8.40. The molecule has 0 saturated carbocycles. The fraction of sp³-hybridized carbons (Fsp3) is 1.00. The highest BCUT2D eigenvalue weighted by Crippen LogP contribution is 2.17. The van der Waals surface area contributed by atoms with Gasteiger partial charge in [-0.1, -0.05) is 114 Å². The zero-order chi connectivity index (χ0) is 69.6. The van der Waals surface area contributed by atoms with E-state index in [1.165, 1.54) is 0 Å². The molecular weight excluding hydrogens is 1410 g/mol. The van der Waals surface area contributed by atoms with Crippen LogP contribution in [0.25, 0.3) is 0 Å². The summed E-state index contributed by atoms with van der Waals surface area (Å²) in [5, 5.41) is 63.0. The van der Waals surface area contributed by atoms with Crippen molar-refractivity contribution in [3.8, 4) is 0 Å². The van der Waals surface area contributed by atoms with Gasteiger partial charge in [-0.15, -0.1) is 0 Å². The topological polar surface area (TPSA) is 389 Å². The van der Waals surface area contributed by atoms with Crippen LogP contribution in [0, 0.1) is 0 Å². The molecule has 0 amide bonds. The molecule has 0 aromatic rings. The smallest absolute Gasteiger partial charge is 0.400 e. The first-order chi connectivity index (χ1) is 38.5. The van der Waals surface area contributed by atoms with Crippen molar-refractivity contribution in [3.63, 3.8) is 0 Å². The Bertz CT molecular complexity index is 763. The molecule has 0 bridgehead atoms. The van der Waals surface area contributed by atoms with Crippen molar-refractivity contribution in [2.75, 3.05) is 179 Å². The molecule has 0 radical (unpaired) electrons. The van der Waals surface area contributed by atoms with Crippen molar-refractivity contribution in [2.45, 2.75) is 112 Å². The predicted molar refractivity (Wildman–Crippen MR) is 348 cm³/mol. The zero-order valence-electron chi connectivity index (χ0n) is 56.1. The molecule has 0 spiro atoms. The summed E-state index contributed by atoms with van der Waals surface area (Å²) < 4.78 is 113. The fourth-order valence-corrected chi connectivity index (χ4v) is 14.0. The van der Waals surface area contributed by atoms with Gasteiger partial charge in [-0.3, -0.25) is 17.8 Å². The van der Waals surface area contributed by atoms with Crippen molar-refractivity contribution in [1.82, 2.24) is 0 Å².